The second kappa shape index (κ2) is 7.49. The lowest BCUT2D eigenvalue weighted by atomic mass is 9.76. The molecule has 0 spiro atoms. The molecule has 0 aliphatic carbocycles. The topological polar surface area (TPSA) is 51.8 Å². The van der Waals surface area contributed by atoms with Crippen molar-refractivity contribution in [3.8, 4) is 0 Å². The third-order valence-corrected chi connectivity index (χ3v) is 6.66. The molecule has 0 amide bonds. The van der Waals surface area contributed by atoms with Gasteiger partial charge in [0.25, 0.3) is 0 Å². The fraction of sp³-hybridized carbons (Fsp3) is 0.471. The Morgan fingerprint density at radius 3 is 2.65 bits per heavy atom. The number of carbonyl (C=O) groups excluding carboxylic acids is 1. The van der Waals surface area contributed by atoms with E-state index in [0.29, 0.717) is 18.1 Å². The first-order chi connectivity index (χ1) is 10.2. The Hall–Kier alpha value is -0.650. The predicted molar refractivity (Wildman–Crippen MR) is 99.3 cm³/mol. The van der Waals surface area contributed by atoms with E-state index < -0.39 is 0 Å². The van der Waals surface area contributed by atoms with Crippen molar-refractivity contribution in [1.82, 2.24) is 4.90 Å². The van der Waals surface area contributed by atoms with Crippen LogP contribution in [0.4, 0.5) is 0 Å². The second-order valence-electron chi connectivity index (χ2n) is 6.29. The minimum Gasteiger partial charge on any atom is -0.412 e. The van der Waals surface area contributed by atoms with E-state index in [-0.39, 0.29) is 17.9 Å². The van der Waals surface area contributed by atoms with Crippen LogP contribution in [0.25, 0.3) is 10.1 Å². The summed E-state index contributed by atoms with van der Waals surface area (Å²) in [5, 5.41) is 1.84. The number of halogens is 2. The number of piperidine rings is 3. The lowest BCUT2D eigenvalue weighted by Gasteiger charge is -2.44. The van der Waals surface area contributed by atoms with E-state index in [0.717, 1.165) is 32.4 Å². The van der Waals surface area contributed by atoms with Crippen LogP contribution in [0.2, 0.25) is 5.02 Å². The molecule has 0 saturated carbocycles. The summed E-state index contributed by atoms with van der Waals surface area (Å²) in [6.07, 6.45) is 3.25. The van der Waals surface area contributed by atoms with Gasteiger partial charge < -0.3 is 10.4 Å². The van der Waals surface area contributed by atoms with Crippen LogP contribution in [-0.4, -0.2) is 35.8 Å². The van der Waals surface area contributed by atoms with Gasteiger partial charge in [-0.05, 0) is 55.3 Å². The molecule has 1 atom stereocenters. The SMILES string of the molecule is Cl.O.O=C(C[C@H]1CN2CCC1CC2)c1cc2cccc(Cl)c2s1. The van der Waals surface area contributed by atoms with E-state index in [1.807, 2.05) is 24.3 Å². The lowest BCUT2D eigenvalue weighted by Crippen LogP contribution is -2.47. The number of hydrogen-bond acceptors (Lipinski definition) is 3. The average molecular weight is 374 g/mol. The van der Waals surface area contributed by atoms with E-state index in [1.54, 1.807) is 11.3 Å². The third kappa shape index (κ3) is 3.57. The summed E-state index contributed by atoms with van der Waals surface area (Å²) >= 11 is 7.76. The fourth-order valence-electron chi connectivity index (χ4n) is 3.82. The van der Waals surface area contributed by atoms with Gasteiger partial charge in [0.2, 0.25) is 0 Å². The van der Waals surface area contributed by atoms with Gasteiger partial charge in [-0.2, -0.15) is 0 Å². The quantitative estimate of drug-likeness (QED) is 0.761. The Labute approximate surface area is 151 Å². The summed E-state index contributed by atoms with van der Waals surface area (Å²) in [5.41, 5.74) is 0. The first-order valence-corrected chi connectivity index (χ1v) is 8.84. The number of ketones is 1. The van der Waals surface area contributed by atoms with Gasteiger partial charge in [-0.3, -0.25) is 4.79 Å². The Kier molecular flexibility index (Phi) is 6.09. The Morgan fingerprint density at radius 1 is 1.30 bits per heavy atom. The molecule has 5 rings (SSSR count). The van der Waals surface area contributed by atoms with Gasteiger partial charge >= 0.3 is 0 Å². The van der Waals surface area contributed by atoms with Gasteiger partial charge in [0.1, 0.15) is 0 Å². The smallest absolute Gasteiger partial charge is 0.173 e. The van der Waals surface area contributed by atoms with E-state index in [9.17, 15) is 4.79 Å². The fourth-order valence-corrected chi connectivity index (χ4v) is 5.13. The maximum absolute atomic E-state index is 12.6. The van der Waals surface area contributed by atoms with Crippen LogP contribution in [0.3, 0.4) is 0 Å². The van der Waals surface area contributed by atoms with Crippen LogP contribution in [0, 0.1) is 11.8 Å². The molecule has 2 N–H and O–H groups in total. The molecule has 4 heterocycles. The van der Waals surface area contributed by atoms with Crippen molar-refractivity contribution < 1.29 is 10.3 Å². The Bertz CT molecular complexity index is 695. The molecule has 2 aromatic rings. The summed E-state index contributed by atoms with van der Waals surface area (Å²) in [7, 11) is 0. The number of benzene rings is 1. The van der Waals surface area contributed by atoms with Crippen LogP contribution in [-0.2, 0) is 0 Å². The molecular formula is C17H21Cl2NO2S. The van der Waals surface area contributed by atoms with E-state index in [1.165, 1.54) is 25.9 Å². The van der Waals surface area contributed by atoms with E-state index in [2.05, 4.69) is 4.90 Å². The molecule has 3 nitrogen and oxygen atoms in total. The molecule has 1 aromatic heterocycles. The third-order valence-electron chi connectivity index (χ3n) is 5.01. The van der Waals surface area contributed by atoms with Crippen LogP contribution >= 0.6 is 35.3 Å². The normalized spacial score (nSPS) is 25.7. The van der Waals surface area contributed by atoms with Gasteiger partial charge in [-0.1, -0.05) is 23.7 Å². The number of thiophene rings is 1. The highest BCUT2D eigenvalue weighted by Crippen LogP contribution is 2.37. The number of hydrogen-bond donors (Lipinski definition) is 0. The van der Waals surface area contributed by atoms with Gasteiger partial charge in [0.05, 0.1) is 14.6 Å². The average Bonchev–Trinajstić information content (AvgIpc) is 2.94. The standard InChI is InChI=1S/C17H18ClNOS.ClH.H2O/c18-14-3-1-2-12-9-16(21-17(12)14)15(20)8-13-10-19-6-4-11(13)5-7-19;;/h1-3,9,11,13H,4-8,10H2;1H;1H2/t13-;;/m0../s1. The van der Waals surface area contributed by atoms with Crippen LogP contribution in [0.15, 0.2) is 24.3 Å². The van der Waals surface area contributed by atoms with Gasteiger partial charge in [0.15, 0.2) is 5.78 Å². The van der Waals surface area contributed by atoms with Crippen molar-refractivity contribution in [2.45, 2.75) is 19.3 Å². The highest BCUT2D eigenvalue weighted by atomic mass is 35.5. The molecule has 1 aromatic carbocycles. The van der Waals surface area contributed by atoms with Gasteiger partial charge in [-0.25, -0.2) is 0 Å². The zero-order valence-electron chi connectivity index (χ0n) is 12.8. The van der Waals surface area contributed by atoms with Crippen molar-refractivity contribution in [2.75, 3.05) is 19.6 Å². The first-order valence-electron chi connectivity index (χ1n) is 7.64. The molecule has 3 fully saturated rings. The Morgan fingerprint density at radius 2 is 2.04 bits per heavy atom. The molecule has 126 valence electrons. The zero-order valence-corrected chi connectivity index (χ0v) is 15.1. The van der Waals surface area contributed by atoms with Crippen LogP contribution in [0.1, 0.15) is 28.9 Å². The largest absolute Gasteiger partial charge is 0.412 e. The summed E-state index contributed by atoms with van der Waals surface area (Å²) in [4.78, 5) is 16.0. The number of carbonyl (C=O) groups is 1. The van der Waals surface area contributed by atoms with Crippen LogP contribution in [0.5, 0.6) is 0 Å². The highest BCUT2D eigenvalue weighted by Gasteiger charge is 2.35. The zero-order chi connectivity index (χ0) is 14.4. The molecule has 0 unspecified atom stereocenters. The van der Waals surface area contributed by atoms with Crippen molar-refractivity contribution in [3.05, 3.63) is 34.2 Å². The van der Waals surface area contributed by atoms with Crippen molar-refractivity contribution in [1.29, 1.82) is 0 Å². The maximum Gasteiger partial charge on any atom is 0.173 e. The summed E-state index contributed by atoms with van der Waals surface area (Å²) in [5.74, 6) is 1.61. The molecule has 3 saturated heterocycles. The molecule has 6 heteroatoms. The first kappa shape index (κ1) is 18.7. The van der Waals surface area contributed by atoms with Crippen molar-refractivity contribution >= 4 is 51.2 Å². The summed E-state index contributed by atoms with van der Waals surface area (Å²) in [6.45, 7) is 3.57. The highest BCUT2D eigenvalue weighted by molar-refractivity contribution is 7.21. The molecule has 2 bridgehead atoms. The lowest BCUT2D eigenvalue weighted by molar-refractivity contribution is 0.0442. The van der Waals surface area contributed by atoms with Gasteiger partial charge in [-0.15, -0.1) is 23.7 Å². The summed E-state index contributed by atoms with van der Waals surface area (Å²) in [6, 6.07) is 7.87. The van der Waals surface area contributed by atoms with Crippen molar-refractivity contribution in [2.24, 2.45) is 11.8 Å². The second-order valence-corrected chi connectivity index (χ2v) is 7.75. The van der Waals surface area contributed by atoms with Crippen molar-refractivity contribution in [3.63, 3.8) is 0 Å². The van der Waals surface area contributed by atoms with E-state index >= 15 is 0 Å². The molecule has 0 radical (unpaired) electrons. The monoisotopic (exact) mass is 373 g/mol. The number of Topliss-reactive ketones (excluding diaryl/α,β-unsaturated/α-hetero) is 1. The maximum atomic E-state index is 12.6. The minimum absolute atomic E-state index is 0. The number of nitrogens with zero attached hydrogens (tertiary/aromatic N) is 1. The Balaban J connectivity index is 0.000000960. The summed E-state index contributed by atoms with van der Waals surface area (Å²) < 4.78 is 1.04. The predicted octanol–water partition coefficient (Wildman–Crippen LogP) is 4.07. The number of fused-ring (bicyclic) bond motifs is 4. The van der Waals surface area contributed by atoms with E-state index in [4.69, 9.17) is 11.6 Å². The number of rotatable bonds is 3. The molecule has 23 heavy (non-hydrogen) atoms. The van der Waals surface area contributed by atoms with Crippen LogP contribution < -0.4 is 0 Å². The molecule has 3 aliphatic rings. The minimum atomic E-state index is 0. The van der Waals surface area contributed by atoms with Gasteiger partial charge in [0, 0.05) is 13.0 Å². The molecule has 3 aliphatic heterocycles. The molecular weight excluding hydrogens is 353 g/mol.